The second-order valence-electron chi connectivity index (χ2n) is 7.04. The van der Waals surface area contributed by atoms with Crippen LogP contribution in [0.5, 0.6) is 5.75 Å². The molecule has 8 heteroatoms. The van der Waals surface area contributed by atoms with Crippen LogP contribution in [0.2, 0.25) is 0 Å². The van der Waals surface area contributed by atoms with Crippen molar-refractivity contribution in [3.05, 3.63) is 29.8 Å². The molecule has 0 aliphatic rings. The van der Waals surface area contributed by atoms with E-state index in [2.05, 4.69) is 5.10 Å². The Bertz CT molecular complexity index is 737. The number of hydrogen-bond acceptors (Lipinski definition) is 7. The van der Waals surface area contributed by atoms with Crippen LogP contribution in [0.15, 0.2) is 29.4 Å². The number of ether oxygens (including phenoxy) is 2. The highest BCUT2D eigenvalue weighted by molar-refractivity contribution is 5.87. The zero-order chi connectivity index (χ0) is 22.6. The van der Waals surface area contributed by atoms with Crippen molar-refractivity contribution in [2.75, 3.05) is 12.2 Å². The minimum atomic E-state index is -0.186. The molecule has 0 aliphatic heterocycles. The standard InChI is InChI=1S/C19H30N6O2.C2H6/c1-13(20)24-25(23)16-8-9-17(26-5)15(11-16)7-6-10-19(3,4)12-18(22)27-14(2)21;1-2/h6-9,11,21-22H,10,12,23H2,1-5H3,(H2,20,24);1-2H3/b7-6+,21-14?,22-18?;. The first kappa shape index (κ1) is 26.1. The highest BCUT2D eigenvalue weighted by Crippen LogP contribution is 2.29. The van der Waals surface area contributed by atoms with Crippen LogP contribution in [0.1, 0.15) is 59.9 Å². The Morgan fingerprint density at radius 2 is 1.86 bits per heavy atom. The van der Waals surface area contributed by atoms with Crippen molar-refractivity contribution < 1.29 is 9.47 Å². The molecule has 0 unspecified atom stereocenters. The molecule has 6 N–H and O–H groups in total. The molecule has 0 atom stereocenters. The summed E-state index contributed by atoms with van der Waals surface area (Å²) in [5.74, 6) is 7.08. The Labute approximate surface area is 174 Å². The maximum Gasteiger partial charge on any atom is 0.189 e. The van der Waals surface area contributed by atoms with Crippen LogP contribution < -0.4 is 21.4 Å². The Morgan fingerprint density at radius 1 is 1.24 bits per heavy atom. The summed E-state index contributed by atoms with van der Waals surface area (Å²) in [5, 5.41) is 20.3. The smallest absolute Gasteiger partial charge is 0.189 e. The predicted molar refractivity (Wildman–Crippen MR) is 123 cm³/mol. The van der Waals surface area contributed by atoms with Crippen molar-refractivity contribution in [2.24, 2.45) is 22.1 Å². The molecule has 0 spiro atoms. The number of amidine groups is 1. The first-order chi connectivity index (χ1) is 13.5. The molecule has 0 saturated carbocycles. The molecular formula is C21H36N6O2. The molecule has 1 aromatic rings. The van der Waals surface area contributed by atoms with E-state index in [0.29, 0.717) is 23.7 Å². The van der Waals surface area contributed by atoms with E-state index in [1.165, 1.54) is 12.0 Å². The van der Waals surface area contributed by atoms with Gasteiger partial charge in [0, 0.05) is 18.9 Å². The van der Waals surface area contributed by atoms with E-state index >= 15 is 0 Å². The van der Waals surface area contributed by atoms with Gasteiger partial charge < -0.3 is 15.2 Å². The summed E-state index contributed by atoms with van der Waals surface area (Å²) in [6, 6.07) is 5.47. The number of nitrogens with zero attached hydrogens (tertiary/aromatic N) is 2. The van der Waals surface area contributed by atoms with Gasteiger partial charge in [0.05, 0.1) is 12.8 Å². The maximum absolute atomic E-state index is 7.82. The van der Waals surface area contributed by atoms with Gasteiger partial charge in [0.2, 0.25) is 0 Å². The van der Waals surface area contributed by atoms with Crippen LogP contribution in [0.4, 0.5) is 5.69 Å². The third kappa shape index (κ3) is 10.3. The first-order valence-electron chi connectivity index (χ1n) is 9.54. The molecule has 1 aromatic carbocycles. The van der Waals surface area contributed by atoms with E-state index < -0.39 is 0 Å². The summed E-state index contributed by atoms with van der Waals surface area (Å²) in [5.41, 5.74) is 6.92. The van der Waals surface area contributed by atoms with Gasteiger partial charge in [-0.1, -0.05) is 39.8 Å². The number of allylic oxidation sites excluding steroid dienone is 1. The lowest BCUT2D eigenvalue weighted by Crippen LogP contribution is -2.27. The van der Waals surface area contributed by atoms with Crippen molar-refractivity contribution in [3.8, 4) is 5.75 Å². The number of anilines is 1. The maximum atomic E-state index is 7.82. The van der Waals surface area contributed by atoms with E-state index in [1.807, 2.05) is 52.0 Å². The zero-order valence-corrected chi connectivity index (χ0v) is 18.7. The molecule has 0 heterocycles. The highest BCUT2D eigenvalue weighted by Gasteiger charge is 2.20. The predicted octanol–water partition coefficient (Wildman–Crippen LogP) is 4.50. The third-order valence-corrected chi connectivity index (χ3v) is 3.63. The summed E-state index contributed by atoms with van der Waals surface area (Å²) in [6.45, 7) is 11.3. The number of benzene rings is 1. The topological polar surface area (TPSA) is 134 Å². The summed E-state index contributed by atoms with van der Waals surface area (Å²) in [6.07, 6.45) is 5.12. The monoisotopic (exact) mass is 404 g/mol. The molecule has 0 amide bonds. The van der Waals surface area contributed by atoms with Gasteiger partial charge in [0.15, 0.2) is 11.8 Å². The molecule has 0 bridgehead atoms. The molecule has 0 radical (unpaired) electrons. The van der Waals surface area contributed by atoms with Crippen LogP contribution in [0.3, 0.4) is 0 Å². The van der Waals surface area contributed by atoms with Gasteiger partial charge in [-0.2, -0.15) is 5.12 Å². The number of rotatable bonds is 8. The number of methoxy groups -OCH3 is 1. The average Bonchev–Trinajstić information content (AvgIpc) is 2.61. The molecule has 1 rings (SSSR count). The number of hydrazine groups is 1. The lowest BCUT2D eigenvalue weighted by Gasteiger charge is -2.22. The van der Waals surface area contributed by atoms with Gasteiger partial charge in [-0.3, -0.25) is 10.8 Å². The van der Waals surface area contributed by atoms with E-state index in [9.17, 15) is 0 Å². The molecule has 0 aliphatic carbocycles. The van der Waals surface area contributed by atoms with Gasteiger partial charge in [-0.25, -0.2) is 5.84 Å². The summed E-state index contributed by atoms with van der Waals surface area (Å²) in [4.78, 5) is 0. The van der Waals surface area contributed by atoms with Gasteiger partial charge in [0.1, 0.15) is 11.6 Å². The highest BCUT2D eigenvalue weighted by atomic mass is 16.5. The third-order valence-electron chi connectivity index (χ3n) is 3.63. The van der Waals surface area contributed by atoms with Crippen molar-refractivity contribution in [1.29, 1.82) is 10.8 Å². The largest absolute Gasteiger partial charge is 0.496 e. The molecular weight excluding hydrogens is 368 g/mol. The Kier molecular flexibility index (Phi) is 11.3. The van der Waals surface area contributed by atoms with Gasteiger partial charge in [0.25, 0.3) is 0 Å². The van der Waals surface area contributed by atoms with Crippen molar-refractivity contribution >= 4 is 29.4 Å². The molecule has 0 fully saturated rings. The molecule has 0 aromatic heterocycles. The number of nitrogens with two attached hydrogens (primary N) is 2. The zero-order valence-electron chi connectivity index (χ0n) is 18.7. The fourth-order valence-corrected chi connectivity index (χ4v) is 2.45. The second-order valence-corrected chi connectivity index (χ2v) is 7.04. The quantitative estimate of drug-likeness (QED) is 0.219. The van der Waals surface area contributed by atoms with E-state index in [1.54, 1.807) is 20.1 Å². The van der Waals surface area contributed by atoms with Crippen molar-refractivity contribution in [3.63, 3.8) is 0 Å². The molecule has 162 valence electrons. The van der Waals surface area contributed by atoms with Crippen LogP contribution in [0, 0.1) is 16.2 Å². The molecule has 29 heavy (non-hydrogen) atoms. The normalized spacial score (nSPS) is 11.5. The Morgan fingerprint density at radius 3 is 2.38 bits per heavy atom. The lowest BCUT2D eigenvalue weighted by atomic mass is 9.85. The van der Waals surface area contributed by atoms with Crippen LogP contribution >= 0.6 is 0 Å². The fourth-order valence-electron chi connectivity index (χ4n) is 2.45. The minimum absolute atomic E-state index is 0.0228. The summed E-state index contributed by atoms with van der Waals surface area (Å²) in [7, 11) is 1.61. The van der Waals surface area contributed by atoms with Crippen molar-refractivity contribution in [2.45, 2.75) is 54.4 Å². The minimum Gasteiger partial charge on any atom is -0.496 e. The van der Waals surface area contributed by atoms with Crippen LogP contribution in [-0.2, 0) is 4.74 Å². The Balaban J connectivity index is 0.00000379. The van der Waals surface area contributed by atoms with Crippen LogP contribution in [0.25, 0.3) is 6.08 Å². The molecule has 8 nitrogen and oxygen atoms in total. The van der Waals surface area contributed by atoms with Crippen LogP contribution in [-0.4, -0.2) is 24.7 Å². The summed E-state index contributed by atoms with van der Waals surface area (Å²) < 4.78 is 10.4. The number of hydrogen-bond donors (Lipinski definition) is 4. The lowest BCUT2D eigenvalue weighted by molar-refractivity contribution is 0.358. The van der Waals surface area contributed by atoms with Gasteiger partial charge in [-0.15, -0.1) is 5.10 Å². The number of nitrogens with one attached hydrogen (secondary N) is 2. The fraction of sp³-hybridized carbons (Fsp3) is 0.476. The van der Waals surface area contributed by atoms with E-state index in [-0.39, 0.29) is 17.2 Å². The molecule has 0 saturated heterocycles. The first-order valence-corrected chi connectivity index (χ1v) is 9.54. The van der Waals surface area contributed by atoms with Gasteiger partial charge >= 0.3 is 0 Å². The Hall–Kier alpha value is -2.87. The van der Waals surface area contributed by atoms with Crippen molar-refractivity contribution in [1.82, 2.24) is 0 Å². The second kappa shape index (κ2) is 12.6. The average molecular weight is 405 g/mol. The van der Waals surface area contributed by atoms with Gasteiger partial charge in [-0.05, 0) is 37.0 Å². The number of hydrazone groups is 1. The van der Waals surface area contributed by atoms with E-state index in [0.717, 1.165) is 12.0 Å². The SMILES string of the molecule is CC.COc1ccc(N(N)/N=C(/C)N)cc1/C=C/CC(C)(C)CC(=N)OC(C)=N. The summed E-state index contributed by atoms with van der Waals surface area (Å²) >= 11 is 0. The van der Waals surface area contributed by atoms with E-state index in [4.69, 9.17) is 31.9 Å².